The quantitative estimate of drug-likeness (QED) is 0.613. The highest BCUT2D eigenvalue weighted by Crippen LogP contribution is 2.11. The highest BCUT2D eigenvalue weighted by Gasteiger charge is 2.08. The van der Waals surface area contributed by atoms with Crippen LogP contribution in [0.2, 0.25) is 0 Å². The van der Waals surface area contributed by atoms with Gasteiger partial charge in [0.25, 0.3) is 5.91 Å². The fraction of sp³-hybridized carbons (Fsp3) is 0.0667. The third-order valence-corrected chi connectivity index (χ3v) is 2.67. The lowest BCUT2D eigenvalue weighted by Gasteiger charge is -2.06. The molecule has 0 aliphatic rings. The van der Waals surface area contributed by atoms with Crippen LogP contribution in [0.5, 0.6) is 0 Å². The van der Waals surface area contributed by atoms with Crippen molar-refractivity contribution in [3.05, 3.63) is 71.8 Å². The molecule has 3 heteroatoms. The topological polar surface area (TPSA) is 29.4 Å². The molecule has 0 fully saturated rings. The van der Waals surface area contributed by atoms with Gasteiger partial charge in [-0.15, -0.1) is 11.6 Å². The van der Waals surface area contributed by atoms with Crippen LogP contribution >= 0.6 is 11.6 Å². The Hall–Kier alpha value is -1.93. The first-order valence-corrected chi connectivity index (χ1v) is 6.13. The minimum Gasteiger partial charge on any atom is -0.271 e. The fourth-order valence-corrected chi connectivity index (χ4v) is 1.70. The largest absolute Gasteiger partial charge is 0.271 e. The number of benzene rings is 2. The van der Waals surface area contributed by atoms with Crippen molar-refractivity contribution in [1.82, 2.24) is 0 Å². The molecule has 0 heterocycles. The van der Waals surface area contributed by atoms with Gasteiger partial charge in [-0.25, -0.2) is 4.99 Å². The van der Waals surface area contributed by atoms with Crippen LogP contribution in [0.1, 0.15) is 11.1 Å². The molecule has 0 saturated heterocycles. The van der Waals surface area contributed by atoms with Crippen molar-refractivity contribution in [1.29, 1.82) is 0 Å². The van der Waals surface area contributed by atoms with E-state index in [1.54, 1.807) is 0 Å². The second kappa shape index (κ2) is 6.12. The maximum absolute atomic E-state index is 11.4. The molecule has 0 bridgehead atoms. The van der Waals surface area contributed by atoms with E-state index in [-0.39, 0.29) is 11.8 Å². The zero-order valence-electron chi connectivity index (χ0n) is 9.71. The van der Waals surface area contributed by atoms with E-state index in [2.05, 4.69) is 4.99 Å². The summed E-state index contributed by atoms with van der Waals surface area (Å²) in [5.74, 6) is -0.442. The molecule has 18 heavy (non-hydrogen) atoms. The maximum Gasteiger partial charge on any atom is 0.261 e. The summed E-state index contributed by atoms with van der Waals surface area (Å²) in [7, 11) is 0. The van der Waals surface area contributed by atoms with Crippen LogP contribution in [0, 0.1) is 0 Å². The van der Waals surface area contributed by atoms with E-state index < -0.39 is 0 Å². The summed E-state index contributed by atoms with van der Waals surface area (Å²) in [6.45, 7) is 0. The molecule has 0 unspecified atom stereocenters. The Bertz CT molecular complexity index is 508. The normalized spacial score (nSPS) is 9.83. The molecule has 2 nitrogen and oxygen atoms in total. The lowest BCUT2D eigenvalue weighted by Crippen LogP contribution is -2.07. The molecule has 2 rings (SSSR count). The second-order valence-electron chi connectivity index (χ2n) is 3.72. The van der Waals surface area contributed by atoms with Crippen molar-refractivity contribution in [3.8, 4) is 0 Å². The monoisotopic (exact) mass is 257 g/mol. The smallest absolute Gasteiger partial charge is 0.261 e. The molecule has 0 aromatic heterocycles. The Morgan fingerprint density at radius 2 is 1.33 bits per heavy atom. The Morgan fingerprint density at radius 1 is 0.889 bits per heavy atom. The van der Waals surface area contributed by atoms with Gasteiger partial charge in [0.05, 0.1) is 5.71 Å². The van der Waals surface area contributed by atoms with Crippen LogP contribution in [0.4, 0.5) is 0 Å². The molecule has 0 spiro atoms. The number of carbonyl (C=O) groups excluding carboxylic acids is 1. The van der Waals surface area contributed by atoms with E-state index in [4.69, 9.17) is 11.6 Å². The van der Waals surface area contributed by atoms with Gasteiger partial charge in [0.2, 0.25) is 0 Å². The maximum atomic E-state index is 11.4. The van der Waals surface area contributed by atoms with Crippen molar-refractivity contribution in [2.75, 3.05) is 5.88 Å². The third kappa shape index (κ3) is 3.05. The lowest BCUT2D eigenvalue weighted by molar-refractivity contribution is -0.115. The Balaban J connectivity index is 2.49. The van der Waals surface area contributed by atoms with E-state index >= 15 is 0 Å². The number of rotatable bonds is 3. The minimum absolute atomic E-state index is 0.108. The van der Waals surface area contributed by atoms with Crippen molar-refractivity contribution in [2.24, 2.45) is 4.99 Å². The van der Waals surface area contributed by atoms with Gasteiger partial charge < -0.3 is 0 Å². The van der Waals surface area contributed by atoms with Crippen molar-refractivity contribution >= 4 is 23.2 Å². The Morgan fingerprint density at radius 3 is 1.72 bits per heavy atom. The average molecular weight is 258 g/mol. The molecule has 0 atom stereocenters. The Labute approximate surface area is 111 Å². The third-order valence-electron chi connectivity index (χ3n) is 2.45. The molecular weight excluding hydrogens is 246 g/mol. The summed E-state index contributed by atoms with van der Waals surface area (Å²) < 4.78 is 0. The van der Waals surface area contributed by atoms with E-state index in [1.807, 2.05) is 60.7 Å². The predicted molar refractivity (Wildman–Crippen MR) is 74.3 cm³/mol. The summed E-state index contributed by atoms with van der Waals surface area (Å²) >= 11 is 5.51. The van der Waals surface area contributed by atoms with Crippen molar-refractivity contribution in [3.63, 3.8) is 0 Å². The van der Waals surface area contributed by atoms with Crippen LogP contribution < -0.4 is 0 Å². The molecular formula is C15H12ClNO. The van der Waals surface area contributed by atoms with Gasteiger partial charge >= 0.3 is 0 Å². The van der Waals surface area contributed by atoms with Gasteiger partial charge in [0.1, 0.15) is 5.88 Å². The molecule has 1 amide bonds. The molecule has 0 aliphatic carbocycles. The van der Waals surface area contributed by atoms with Crippen LogP contribution in [0.25, 0.3) is 0 Å². The van der Waals surface area contributed by atoms with E-state index in [0.717, 1.165) is 11.1 Å². The summed E-state index contributed by atoms with van der Waals surface area (Å²) in [4.78, 5) is 15.5. The van der Waals surface area contributed by atoms with Gasteiger partial charge in [-0.2, -0.15) is 0 Å². The molecule has 2 aromatic carbocycles. The van der Waals surface area contributed by atoms with Gasteiger partial charge in [-0.05, 0) is 0 Å². The summed E-state index contributed by atoms with van der Waals surface area (Å²) in [6, 6.07) is 19.2. The summed E-state index contributed by atoms with van der Waals surface area (Å²) in [5.41, 5.74) is 2.46. The molecule has 0 aliphatic heterocycles. The molecule has 0 radical (unpaired) electrons. The number of aliphatic imine (C=N–C) groups is 1. The summed E-state index contributed by atoms with van der Waals surface area (Å²) in [5, 5.41) is 0. The number of amides is 1. The van der Waals surface area contributed by atoms with Crippen molar-refractivity contribution < 1.29 is 4.79 Å². The van der Waals surface area contributed by atoms with E-state index in [1.165, 1.54) is 0 Å². The molecule has 2 aromatic rings. The van der Waals surface area contributed by atoms with Crippen LogP contribution in [0.15, 0.2) is 65.7 Å². The van der Waals surface area contributed by atoms with Crippen LogP contribution in [0.3, 0.4) is 0 Å². The number of halogens is 1. The highest BCUT2D eigenvalue weighted by atomic mass is 35.5. The summed E-state index contributed by atoms with van der Waals surface area (Å²) in [6.07, 6.45) is 0. The number of carbonyl (C=O) groups is 1. The number of hydrogen-bond acceptors (Lipinski definition) is 1. The van der Waals surface area contributed by atoms with E-state index in [0.29, 0.717) is 5.71 Å². The Kier molecular flexibility index (Phi) is 4.26. The van der Waals surface area contributed by atoms with Gasteiger partial charge in [-0.1, -0.05) is 60.7 Å². The fourth-order valence-electron chi connectivity index (χ4n) is 1.64. The average Bonchev–Trinajstić information content (AvgIpc) is 2.46. The number of alkyl halides is 1. The van der Waals surface area contributed by atoms with Gasteiger partial charge in [0.15, 0.2) is 0 Å². The first kappa shape index (κ1) is 12.5. The second-order valence-corrected chi connectivity index (χ2v) is 3.99. The highest BCUT2D eigenvalue weighted by molar-refractivity contribution is 6.29. The van der Waals surface area contributed by atoms with Gasteiger partial charge in [0, 0.05) is 11.1 Å². The van der Waals surface area contributed by atoms with Gasteiger partial charge in [-0.3, -0.25) is 4.79 Å². The number of nitrogens with zero attached hydrogens (tertiary/aromatic N) is 1. The van der Waals surface area contributed by atoms with Crippen LogP contribution in [-0.2, 0) is 4.79 Å². The molecule has 0 N–H and O–H groups in total. The minimum atomic E-state index is -0.334. The SMILES string of the molecule is O=C(CCl)N=C(c1ccccc1)c1ccccc1. The van der Waals surface area contributed by atoms with Crippen LogP contribution in [-0.4, -0.2) is 17.5 Å². The first-order chi connectivity index (χ1) is 8.81. The number of hydrogen-bond donors (Lipinski definition) is 0. The lowest BCUT2D eigenvalue weighted by atomic mass is 10.0. The zero-order chi connectivity index (χ0) is 12.8. The van der Waals surface area contributed by atoms with Crippen molar-refractivity contribution in [2.45, 2.75) is 0 Å². The standard InChI is InChI=1S/C15H12ClNO/c16-11-14(18)17-15(12-7-3-1-4-8-12)13-9-5-2-6-10-13/h1-10H,11H2. The predicted octanol–water partition coefficient (Wildman–Crippen LogP) is 3.29. The molecule has 0 saturated carbocycles. The molecule has 90 valence electrons. The first-order valence-electron chi connectivity index (χ1n) is 5.59. The zero-order valence-corrected chi connectivity index (χ0v) is 10.5. The van der Waals surface area contributed by atoms with E-state index in [9.17, 15) is 4.79 Å².